The Balaban J connectivity index is 0.00000176. The lowest BCUT2D eigenvalue weighted by atomic mass is 10.0. The zero-order valence-corrected chi connectivity index (χ0v) is 12.9. The van der Waals surface area contributed by atoms with Crippen molar-refractivity contribution in [1.29, 1.82) is 0 Å². The zero-order valence-electron chi connectivity index (χ0n) is 12.1. The van der Waals surface area contributed by atoms with E-state index < -0.39 is 0 Å². The topological polar surface area (TPSA) is 56.9 Å². The second kappa shape index (κ2) is 7.42. The van der Waals surface area contributed by atoms with E-state index in [-0.39, 0.29) is 30.2 Å². The van der Waals surface area contributed by atoms with E-state index in [9.17, 15) is 9.18 Å². The molecule has 1 aromatic heterocycles. The summed E-state index contributed by atoms with van der Waals surface area (Å²) < 4.78 is 13.0. The molecule has 3 N–H and O–H groups in total. The van der Waals surface area contributed by atoms with Crippen molar-refractivity contribution in [2.45, 2.75) is 18.9 Å². The average molecular weight is 324 g/mol. The number of H-pyrrole nitrogens is 1. The molecule has 1 aromatic carbocycles. The van der Waals surface area contributed by atoms with Crippen LogP contribution in [-0.2, 0) is 0 Å². The first-order chi connectivity index (χ1) is 10.2. The van der Waals surface area contributed by atoms with Gasteiger partial charge in [0, 0.05) is 30.5 Å². The number of rotatable bonds is 3. The Morgan fingerprint density at radius 2 is 2.00 bits per heavy atom. The van der Waals surface area contributed by atoms with Gasteiger partial charge in [0.2, 0.25) is 0 Å². The second-order valence-electron chi connectivity index (χ2n) is 5.31. The molecule has 6 heteroatoms. The molecular weight excluding hydrogens is 305 g/mol. The number of carbonyl (C=O) groups excluding carboxylic acids is 1. The molecule has 0 spiro atoms. The molecule has 22 heavy (non-hydrogen) atoms. The summed E-state index contributed by atoms with van der Waals surface area (Å²) in [5.41, 5.74) is 2.20. The summed E-state index contributed by atoms with van der Waals surface area (Å²) in [5, 5.41) is 6.32. The molecule has 3 rings (SSSR count). The van der Waals surface area contributed by atoms with Crippen LogP contribution in [0.3, 0.4) is 0 Å². The van der Waals surface area contributed by atoms with E-state index in [2.05, 4.69) is 15.6 Å². The molecule has 2 heterocycles. The van der Waals surface area contributed by atoms with Crippen LogP contribution < -0.4 is 10.6 Å². The number of halogens is 2. The van der Waals surface area contributed by atoms with E-state index in [0.29, 0.717) is 5.56 Å². The number of hydrogen-bond donors (Lipinski definition) is 3. The summed E-state index contributed by atoms with van der Waals surface area (Å²) in [5.74, 6) is -0.377. The summed E-state index contributed by atoms with van der Waals surface area (Å²) in [6.07, 6.45) is 5.52. The first-order valence-corrected chi connectivity index (χ1v) is 7.18. The van der Waals surface area contributed by atoms with Crippen molar-refractivity contribution in [2.24, 2.45) is 0 Å². The number of carbonyl (C=O) groups is 1. The van der Waals surface area contributed by atoms with Crippen LogP contribution in [0.2, 0.25) is 0 Å². The van der Waals surface area contributed by atoms with Crippen LogP contribution in [0.1, 0.15) is 23.2 Å². The van der Waals surface area contributed by atoms with Gasteiger partial charge in [-0.1, -0.05) is 12.1 Å². The van der Waals surface area contributed by atoms with Gasteiger partial charge in [-0.05, 0) is 37.1 Å². The SMILES string of the molecule is Cl.O=C(N[C@H]1CCCNC1)c1c[nH]cc1-c1ccc(F)cc1. The Morgan fingerprint density at radius 3 is 2.68 bits per heavy atom. The number of nitrogens with one attached hydrogen (secondary N) is 3. The third kappa shape index (κ3) is 3.67. The molecule has 1 aliphatic heterocycles. The Bertz CT molecular complexity index is 621. The highest BCUT2D eigenvalue weighted by Crippen LogP contribution is 2.24. The van der Waals surface area contributed by atoms with Crippen molar-refractivity contribution in [3.63, 3.8) is 0 Å². The Morgan fingerprint density at radius 1 is 1.23 bits per heavy atom. The molecule has 1 atom stereocenters. The maximum absolute atomic E-state index is 13.0. The predicted molar refractivity (Wildman–Crippen MR) is 86.8 cm³/mol. The first kappa shape index (κ1) is 16.5. The number of amides is 1. The molecule has 1 fully saturated rings. The molecule has 1 aliphatic rings. The van der Waals surface area contributed by atoms with Gasteiger partial charge in [-0.15, -0.1) is 12.4 Å². The number of benzene rings is 1. The molecule has 2 aromatic rings. The van der Waals surface area contributed by atoms with Gasteiger partial charge in [0.1, 0.15) is 5.82 Å². The van der Waals surface area contributed by atoms with Crippen LogP contribution in [0.15, 0.2) is 36.7 Å². The van der Waals surface area contributed by atoms with Crippen molar-refractivity contribution < 1.29 is 9.18 Å². The Hall–Kier alpha value is -1.85. The van der Waals surface area contributed by atoms with E-state index in [1.54, 1.807) is 24.5 Å². The highest BCUT2D eigenvalue weighted by Gasteiger charge is 2.19. The van der Waals surface area contributed by atoms with Gasteiger partial charge in [0.05, 0.1) is 5.56 Å². The lowest BCUT2D eigenvalue weighted by Gasteiger charge is -2.23. The lowest BCUT2D eigenvalue weighted by molar-refractivity contribution is 0.0931. The van der Waals surface area contributed by atoms with Gasteiger partial charge in [0.15, 0.2) is 0 Å². The van der Waals surface area contributed by atoms with E-state index in [0.717, 1.165) is 37.1 Å². The van der Waals surface area contributed by atoms with Crippen LogP contribution in [0.4, 0.5) is 4.39 Å². The van der Waals surface area contributed by atoms with E-state index in [1.807, 2.05) is 0 Å². The molecule has 1 amide bonds. The molecule has 0 unspecified atom stereocenters. The number of hydrogen-bond acceptors (Lipinski definition) is 2. The minimum absolute atomic E-state index is 0. The first-order valence-electron chi connectivity index (χ1n) is 7.18. The van der Waals surface area contributed by atoms with Gasteiger partial charge in [-0.25, -0.2) is 4.39 Å². The van der Waals surface area contributed by atoms with Crippen molar-refractivity contribution in [1.82, 2.24) is 15.6 Å². The fourth-order valence-corrected chi connectivity index (χ4v) is 2.66. The zero-order chi connectivity index (χ0) is 14.7. The molecule has 0 radical (unpaired) electrons. The molecule has 0 bridgehead atoms. The summed E-state index contributed by atoms with van der Waals surface area (Å²) >= 11 is 0. The van der Waals surface area contributed by atoms with Gasteiger partial charge in [0.25, 0.3) is 5.91 Å². The highest BCUT2D eigenvalue weighted by atomic mass is 35.5. The Kier molecular flexibility index (Phi) is 5.57. The van der Waals surface area contributed by atoms with Crippen molar-refractivity contribution in [3.8, 4) is 11.1 Å². The van der Waals surface area contributed by atoms with E-state index in [1.165, 1.54) is 12.1 Å². The fraction of sp³-hybridized carbons (Fsp3) is 0.312. The number of piperidine rings is 1. The minimum Gasteiger partial charge on any atom is -0.366 e. The third-order valence-electron chi connectivity index (χ3n) is 3.78. The summed E-state index contributed by atoms with van der Waals surface area (Å²) in [7, 11) is 0. The third-order valence-corrected chi connectivity index (χ3v) is 3.78. The minimum atomic E-state index is -0.284. The number of aromatic nitrogens is 1. The normalized spacial score (nSPS) is 17.6. The molecule has 118 valence electrons. The quantitative estimate of drug-likeness (QED) is 0.813. The van der Waals surface area contributed by atoms with Crippen molar-refractivity contribution in [3.05, 3.63) is 48.0 Å². The van der Waals surface area contributed by atoms with E-state index in [4.69, 9.17) is 0 Å². The summed E-state index contributed by atoms with van der Waals surface area (Å²) in [6.45, 7) is 1.82. The Labute approximate surface area is 134 Å². The summed E-state index contributed by atoms with van der Waals surface area (Å²) in [6, 6.07) is 6.32. The average Bonchev–Trinajstić information content (AvgIpc) is 2.98. The van der Waals surface area contributed by atoms with Crippen molar-refractivity contribution in [2.75, 3.05) is 13.1 Å². The van der Waals surface area contributed by atoms with Gasteiger partial charge >= 0.3 is 0 Å². The molecule has 1 saturated heterocycles. The molecule has 0 aliphatic carbocycles. The smallest absolute Gasteiger partial charge is 0.253 e. The lowest BCUT2D eigenvalue weighted by Crippen LogP contribution is -2.45. The van der Waals surface area contributed by atoms with Crippen LogP contribution in [0.25, 0.3) is 11.1 Å². The molecule has 0 saturated carbocycles. The van der Waals surface area contributed by atoms with Crippen LogP contribution in [-0.4, -0.2) is 30.0 Å². The largest absolute Gasteiger partial charge is 0.366 e. The van der Waals surface area contributed by atoms with E-state index >= 15 is 0 Å². The van der Waals surface area contributed by atoms with Crippen LogP contribution in [0.5, 0.6) is 0 Å². The highest BCUT2D eigenvalue weighted by molar-refractivity contribution is 6.00. The van der Waals surface area contributed by atoms with Crippen molar-refractivity contribution >= 4 is 18.3 Å². The maximum Gasteiger partial charge on any atom is 0.253 e. The molecular formula is C16H19ClFN3O. The van der Waals surface area contributed by atoms with Gasteiger partial charge in [-0.3, -0.25) is 4.79 Å². The monoisotopic (exact) mass is 323 g/mol. The van der Waals surface area contributed by atoms with Gasteiger partial charge < -0.3 is 15.6 Å². The van der Waals surface area contributed by atoms with Crippen LogP contribution >= 0.6 is 12.4 Å². The standard InChI is InChI=1S/C16H18FN3O.ClH/c17-12-5-3-11(4-6-12)14-9-19-10-15(14)16(21)20-13-2-1-7-18-8-13;/h3-6,9-10,13,18-19H,1-2,7-8H2,(H,20,21);1H/t13-;/m0./s1. The maximum atomic E-state index is 13.0. The number of aromatic amines is 1. The molecule has 4 nitrogen and oxygen atoms in total. The van der Waals surface area contributed by atoms with Crippen LogP contribution in [0, 0.1) is 5.82 Å². The predicted octanol–water partition coefficient (Wildman–Crippen LogP) is 2.72. The van der Waals surface area contributed by atoms with Gasteiger partial charge in [-0.2, -0.15) is 0 Å². The second-order valence-corrected chi connectivity index (χ2v) is 5.31. The fourth-order valence-electron chi connectivity index (χ4n) is 2.66. The summed E-state index contributed by atoms with van der Waals surface area (Å²) in [4.78, 5) is 15.4.